The molecule has 1 aromatic carbocycles. The molecule has 1 atom stereocenters. The van der Waals surface area contributed by atoms with E-state index in [9.17, 15) is 14.0 Å². The van der Waals surface area contributed by atoms with E-state index in [2.05, 4.69) is 5.32 Å². The molecule has 1 aromatic rings. The number of carbonyl (C=O) groups is 2. The van der Waals surface area contributed by atoms with Crippen LogP contribution >= 0.6 is 0 Å². The van der Waals surface area contributed by atoms with Crippen LogP contribution < -0.4 is 5.32 Å². The van der Waals surface area contributed by atoms with Crippen LogP contribution in [0.4, 0.5) is 4.39 Å². The third-order valence-corrected chi connectivity index (χ3v) is 2.36. The molecule has 0 bridgehead atoms. The van der Waals surface area contributed by atoms with E-state index in [4.69, 9.17) is 5.11 Å². The maximum absolute atomic E-state index is 12.9. The van der Waals surface area contributed by atoms with Crippen LogP contribution in [-0.2, 0) is 9.59 Å². The smallest absolute Gasteiger partial charge is 0.305 e. The van der Waals surface area contributed by atoms with Crippen molar-refractivity contribution in [3.63, 3.8) is 0 Å². The van der Waals surface area contributed by atoms with Crippen molar-refractivity contribution in [3.8, 4) is 0 Å². The predicted octanol–water partition coefficient (Wildman–Crippen LogP) is 1.79. The average molecular weight is 239 g/mol. The van der Waals surface area contributed by atoms with Crippen LogP contribution in [0.5, 0.6) is 0 Å². The Labute approximate surface area is 98.5 Å². The van der Waals surface area contributed by atoms with Gasteiger partial charge >= 0.3 is 5.97 Å². The zero-order chi connectivity index (χ0) is 13.0. The van der Waals surface area contributed by atoms with E-state index in [1.807, 2.05) is 0 Å². The van der Waals surface area contributed by atoms with Crippen LogP contribution in [0.3, 0.4) is 0 Å². The van der Waals surface area contributed by atoms with Gasteiger partial charge in [0.05, 0.1) is 12.5 Å². The van der Waals surface area contributed by atoms with Gasteiger partial charge in [0, 0.05) is 6.92 Å². The normalized spacial score (nSPS) is 11.9. The Morgan fingerprint density at radius 1 is 1.47 bits per heavy atom. The minimum atomic E-state index is -1.02. The van der Waals surface area contributed by atoms with Crippen LogP contribution in [-0.4, -0.2) is 17.0 Å². The van der Waals surface area contributed by atoms with E-state index < -0.39 is 12.0 Å². The standard InChI is InChI=1S/C12H14FNO3/c1-7-5-9(13)3-4-10(7)11(6-12(16)17)14-8(2)15/h3-5,11H,6H2,1-2H3,(H,14,15)(H,16,17). The molecule has 0 radical (unpaired) electrons. The number of nitrogens with one attached hydrogen (secondary N) is 1. The molecule has 1 rings (SSSR count). The molecule has 2 N–H and O–H groups in total. The van der Waals surface area contributed by atoms with Crippen molar-refractivity contribution in [1.82, 2.24) is 5.32 Å². The molecule has 17 heavy (non-hydrogen) atoms. The molecule has 4 nitrogen and oxygen atoms in total. The number of hydrogen-bond acceptors (Lipinski definition) is 2. The molecule has 1 amide bonds. The maximum Gasteiger partial charge on any atom is 0.305 e. The van der Waals surface area contributed by atoms with Crippen LogP contribution in [0.15, 0.2) is 18.2 Å². The molecule has 0 aliphatic carbocycles. The van der Waals surface area contributed by atoms with Crippen LogP contribution in [0, 0.1) is 12.7 Å². The Morgan fingerprint density at radius 2 is 2.12 bits per heavy atom. The Morgan fingerprint density at radius 3 is 2.59 bits per heavy atom. The summed E-state index contributed by atoms with van der Waals surface area (Å²) in [6.07, 6.45) is -0.230. The van der Waals surface area contributed by atoms with Crippen molar-refractivity contribution in [2.24, 2.45) is 0 Å². The van der Waals surface area contributed by atoms with E-state index in [1.165, 1.54) is 25.1 Å². The van der Waals surface area contributed by atoms with Crippen LogP contribution in [0.2, 0.25) is 0 Å². The first-order chi connectivity index (χ1) is 7.90. The molecule has 0 saturated heterocycles. The van der Waals surface area contributed by atoms with Gasteiger partial charge in [-0.1, -0.05) is 6.07 Å². The minimum Gasteiger partial charge on any atom is -0.481 e. The molecule has 0 spiro atoms. The highest BCUT2D eigenvalue weighted by atomic mass is 19.1. The van der Waals surface area contributed by atoms with E-state index >= 15 is 0 Å². The quantitative estimate of drug-likeness (QED) is 0.841. The zero-order valence-electron chi connectivity index (χ0n) is 9.66. The highest BCUT2D eigenvalue weighted by molar-refractivity contribution is 5.75. The molecule has 0 aromatic heterocycles. The van der Waals surface area contributed by atoms with Gasteiger partial charge in [-0.15, -0.1) is 0 Å². The van der Waals surface area contributed by atoms with Crippen molar-refractivity contribution in [2.45, 2.75) is 26.3 Å². The summed E-state index contributed by atoms with van der Waals surface area (Å²) in [4.78, 5) is 21.7. The van der Waals surface area contributed by atoms with E-state index in [0.717, 1.165) is 0 Å². The third kappa shape index (κ3) is 3.86. The summed E-state index contributed by atoms with van der Waals surface area (Å²) in [5, 5.41) is 11.3. The van der Waals surface area contributed by atoms with E-state index in [0.29, 0.717) is 11.1 Å². The molecule has 0 fully saturated rings. The topological polar surface area (TPSA) is 66.4 Å². The van der Waals surface area contributed by atoms with Crippen LogP contribution in [0.25, 0.3) is 0 Å². The molecule has 0 aliphatic rings. The lowest BCUT2D eigenvalue weighted by Crippen LogP contribution is -2.28. The summed E-state index contributed by atoms with van der Waals surface area (Å²) in [6.45, 7) is 2.99. The number of rotatable bonds is 4. The summed E-state index contributed by atoms with van der Waals surface area (Å²) < 4.78 is 12.9. The Bertz CT molecular complexity index is 429. The van der Waals surface area contributed by atoms with E-state index in [1.54, 1.807) is 6.92 Å². The SMILES string of the molecule is CC(=O)NC(CC(=O)O)c1ccc(F)cc1C. The zero-order valence-corrected chi connectivity index (χ0v) is 9.66. The highest BCUT2D eigenvalue weighted by Gasteiger charge is 2.18. The molecule has 92 valence electrons. The van der Waals surface area contributed by atoms with Gasteiger partial charge in [-0.2, -0.15) is 0 Å². The van der Waals surface area contributed by atoms with E-state index in [-0.39, 0.29) is 18.1 Å². The summed E-state index contributed by atoms with van der Waals surface area (Å²) in [5.74, 6) is -1.73. The minimum absolute atomic E-state index is 0.230. The summed E-state index contributed by atoms with van der Waals surface area (Å²) >= 11 is 0. The maximum atomic E-state index is 12.9. The fourth-order valence-electron chi connectivity index (χ4n) is 1.69. The van der Waals surface area contributed by atoms with Crippen molar-refractivity contribution in [1.29, 1.82) is 0 Å². The Kier molecular flexibility index (Phi) is 4.20. The number of benzene rings is 1. The van der Waals surface area contributed by atoms with Crippen LogP contribution in [0.1, 0.15) is 30.5 Å². The summed E-state index contributed by atoms with van der Waals surface area (Å²) in [6, 6.07) is 3.42. The Balaban J connectivity index is 3.02. The lowest BCUT2D eigenvalue weighted by atomic mass is 9.98. The number of halogens is 1. The second kappa shape index (κ2) is 5.43. The molecule has 0 heterocycles. The number of aryl methyl sites for hydroxylation is 1. The predicted molar refractivity (Wildman–Crippen MR) is 59.9 cm³/mol. The second-order valence-electron chi connectivity index (χ2n) is 3.85. The number of hydrogen-bond donors (Lipinski definition) is 2. The van der Waals surface area contributed by atoms with Gasteiger partial charge < -0.3 is 10.4 Å². The van der Waals surface area contributed by atoms with Crippen molar-refractivity contribution in [2.75, 3.05) is 0 Å². The van der Waals surface area contributed by atoms with Gasteiger partial charge in [0.2, 0.25) is 5.91 Å². The average Bonchev–Trinajstić information content (AvgIpc) is 2.14. The van der Waals surface area contributed by atoms with Crippen molar-refractivity contribution in [3.05, 3.63) is 35.1 Å². The number of carboxylic acids is 1. The van der Waals surface area contributed by atoms with Crippen molar-refractivity contribution >= 4 is 11.9 Å². The lowest BCUT2D eigenvalue weighted by Gasteiger charge is -2.18. The fraction of sp³-hybridized carbons (Fsp3) is 0.333. The first-order valence-corrected chi connectivity index (χ1v) is 5.15. The van der Waals surface area contributed by atoms with Gasteiger partial charge in [0.1, 0.15) is 5.82 Å². The number of carbonyl (C=O) groups excluding carboxylic acids is 1. The third-order valence-electron chi connectivity index (χ3n) is 2.36. The van der Waals surface area contributed by atoms with Gasteiger partial charge in [-0.25, -0.2) is 4.39 Å². The lowest BCUT2D eigenvalue weighted by molar-refractivity contribution is -0.137. The van der Waals surface area contributed by atoms with Gasteiger partial charge in [0.25, 0.3) is 0 Å². The summed E-state index contributed by atoms with van der Waals surface area (Å²) in [5.41, 5.74) is 1.23. The molecule has 5 heteroatoms. The van der Waals surface area contributed by atoms with Gasteiger partial charge in [-0.3, -0.25) is 9.59 Å². The molecule has 0 aliphatic heterocycles. The van der Waals surface area contributed by atoms with Gasteiger partial charge in [-0.05, 0) is 30.2 Å². The molecular weight excluding hydrogens is 225 g/mol. The summed E-state index contributed by atoms with van der Waals surface area (Å²) in [7, 11) is 0. The monoisotopic (exact) mass is 239 g/mol. The first kappa shape index (κ1) is 13.2. The number of amides is 1. The number of carboxylic acid groups (broad SMARTS) is 1. The second-order valence-corrected chi connectivity index (χ2v) is 3.85. The fourth-order valence-corrected chi connectivity index (χ4v) is 1.69. The highest BCUT2D eigenvalue weighted by Crippen LogP contribution is 2.21. The number of aliphatic carboxylic acids is 1. The molecule has 1 unspecified atom stereocenters. The Hall–Kier alpha value is -1.91. The van der Waals surface area contributed by atoms with Gasteiger partial charge in [0.15, 0.2) is 0 Å². The largest absolute Gasteiger partial charge is 0.481 e. The van der Waals surface area contributed by atoms with Crippen molar-refractivity contribution < 1.29 is 19.1 Å². The first-order valence-electron chi connectivity index (χ1n) is 5.15. The molecule has 0 saturated carbocycles. The molecular formula is C12H14FNO3.